The lowest BCUT2D eigenvalue weighted by Crippen LogP contribution is -2.05. The number of methoxy groups -OCH3 is 3. The predicted octanol–water partition coefficient (Wildman–Crippen LogP) is 5.29. The van der Waals surface area contributed by atoms with Gasteiger partial charge in [-0.05, 0) is 48.9 Å². The Balaban J connectivity index is 1.48. The number of nitrogens with one attached hydrogen (secondary N) is 1. The fourth-order valence-electron chi connectivity index (χ4n) is 3.86. The van der Waals surface area contributed by atoms with E-state index in [2.05, 4.69) is 20.5 Å². The largest absolute Gasteiger partial charge is 0.493 e. The van der Waals surface area contributed by atoms with Crippen molar-refractivity contribution >= 4 is 16.7 Å². The SMILES string of the molecule is COc1cc(CNc2nc(-c3nnc(-c4ccc(C)cc4)o3)nc3ccccc23)cc(OC)c1OC. The van der Waals surface area contributed by atoms with E-state index in [1.165, 1.54) is 0 Å². The Bertz CT molecular complexity index is 1490. The molecule has 0 spiro atoms. The molecule has 0 radical (unpaired) electrons. The summed E-state index contributed by atoms with van der Waals surface area (Å²) in [6.45, 7) is 2.48. The zero-order chi connectivity index (χ0) is 25.1. The van der Waals surface area contributed by atoms with E-state index in [1.807, 2.05) is 67.6 Å². The minimum Gasteiger partial charge on any atom is -0.493 e. The number of fused-ring (bicyclic) bond motifs is 1. The van der Waals surface area contributed by atoms with E-state index >= 15 is 0 Å². The summed E-state index contributed by atoms with van der Waals surface area (Å²) in [5.41, 5.74) is 3.67. The van der Waals surface area contributed by atoms with Crippen LogP contribution in [-0.4, -0.2) is 41.5 Å². The van der Waals surface area contributed by atoms with Crippen LogP contribution in [0.5, 0.6) is 17.2 Å². The van der Waals surface area contributed by atoms with Gasteiger partial charge in [-0.15, -0.1) is 10.2 Å². The molecule has 0 aliphatic carbocycles. The van der Waals surface area contributed by atoms with Gasteiger partial charge in [-0.25, -0.2) is 9.97 Å². The maximum Gasteiger partial charge on any atom is 0.286 e. The van der Waals surface area contributed by atoms with E-state index in [4.69, 9.17) is 23.6 Å². The highest BCUT2D eigenvalue weighted by Gasteiger charge is 2.17. The first kappa shape index (κ1) is 23.1. The van der Waals surface area contributed by atoms with Crippen LogP contribution in [0.4, 0.5) is 5.82 Å². The zero-order valence-corrected chi connectivity index (χ0v) is 20.4. The van der Waals surface area contributed by atoms with Crippen LogP contribution in [0.15, 0.2) is 65.1 Å². The average molecular weight is 484 g/mol. The Morgan fingerprint density at radius 2 is 1.50 bits per heavy atom. The molecule has 9 heteroatoms. The molecule has 5 aromatic rings. The maximum absolute atomic E-state index is 5.93. The molecular weight excluding hydrogens is 458 g/mol. The van der Waals surface area contributed by atoms with Gasteiger partial charge in [0.15, 0.2) is 11.5 Å². The van der Waals surface area contributed by atoms with Crippen LogP contribution in [0.2, 0.25) is 0 Å². The van der Waals surface area contributed by atoms with Crippen LogP contribution in [0.25, 0.3) is 34.1 Å². The minimum absolute atomic E-state index is 0.243. The number of aromatic nitrogens is 4. The number of ether oxygens (including phenoxy) is 3. The number of anilines is 1. The summed E-state index contributed by atoms with van der Waals surface area (Å²) < 4.78 is 22.3. The fraction of sp³-hybridized carbons (Fsp3) is 0.185. The second kappa shape index (κ2) is 9.91. The van der Waals surface area contributed by atoms with Gasteiger partial charge < -0.3 is 23.9 Å². The first-order chi connectivity index (χ1) is 17.6. The Labute approximate surface area is 208 Å². The van der Waals surface area contributed by atoms with Gasteiger partial charge in [-0.1, -0.05) is 29.8 Å². The second-order valence-corrected chi connectivity index (χ2v) is 8.08. The van der Waals surface area contributed by atoms with E-state index in [0.717, 1.165) is 27.6 Å². The average Bonchev–Trinajstić information content (AvgIpc) is 3.41. The van der Waals surface area contributed by atoms with Crippen LogP contribution in [0.1, 0.15) is 11.1 Å². The van der Waals surface area contributed by atoms with E-state index < -0.39 is 0 Å². The molecule has 5 rings (SSSR count). The number of hydrogen-bond acceptors (Lipinski definition) is 9. The van der Waals surface area contributed by atoms with Crippen LogP contribution < -0.4 is 19.5 Å². The molecule has 0 bridgehead atoms. The predicted molar refractivity (Wildman–Crippen MR) is 136 cm³/mol. The van der Waals surface area contributed by atoms with Crippen molar-refractivity contribution in [2.75, 3.05) is 26.6 Å². The number of benzene rings is 3. The Morgan fingerprint density at radius 3 is 2.19 bits per heavy atom. The van der Waals surface area contributed by atoms with Crippen molar-refractivity contribution in [1.82, 2.24) is 20.2 Å². The molecule has 0 saturated heterocycles. The highest BCUT2D eigenvalue weighted by molar-refractivity contribution is 5.90. The van der Waals surface area contributed by atoms with Crippen LogP contribution in [0, 0.1) is 6.92 Å². The number of rotatable bonds is 8. The second-order valence-electron chi connectivity index (χ2n) is 8.08. The van der Waals surface area contributed by atoms with E-state index in [-0.39, 0.29) is 5.89 Å². The first-order valence-electron chi connectivity index (χ1n) is 11.3. The third-order valence-corrected chi connectivity index (χ3v) is 5.70. The molecule has 0 saturated carbocycles. The molecule has 0 atom stereocenters. The van der Waals surface area contributed by atoms with Crippen molar-refractivity contribution in [3.63, 3.8) is 0 Å². The van der Waals surface area contributed by atoms with Crippen molar-refractivity contribution in [2.24, 2.45) is 0 Å². The summed E-state index contributed by atoms with van der Waals surface area (Å²) in [5, 5.41) is 12.7. The lowest BCUT2D eigenvalue weighted by molar-refractivity contribution is 0.324. The van der Waals surface area contributed by atoms with Crippen LogP contribution in [-0.2, 0) is 6.54 Å². The minimum atomic E-state index is 0.243. The number of hydrogen-bond donors (Lipinski definition) is 1. The topological polar surface area (TPSA) is 104 Å². The molecule has 9 nitrogen and oxygen atoms in total. The number of para-hydroxylation sites is 1. The molecule has 2 aromatic heterocycles. The highest BCUT2D eigenvalue weighted by atomic mass is 16.5. The van der Waals surface area contributed by atoms with Gasteiger partial charge in [0, 0.05) is 17.5 Å². The summed E-state index contributed by atoms with van der Waals surface area (Å²) in [4.78, 5) is 9.38. The molecule has 0 amide bonds. The zero-order valence-electron chi connectivity index (χ0n) is 20.4. The molecule has 0 fully saturated rings. The van der Waals surface area contributed by atoms with Crippen LogP contribution in [0.3, 0.4) is 0 Å². The van der Waals surface area contributed by atoms with Crippen molar-refractivity contribution < 1.29 is 18.6 Å². The lowest BCUT2D eigenvalue weighted by Gasteiger charge is -2.15. The third-order valence-electron chi connectivity index (χ3n) is 5.70. The smallest absolute Gasteiger partial charge is 0.286 e. The molecule has 182 valence electrons. The summed E-state index contributed by atoms with van der Waals surface area (Å²) in [6.07, 6.45) is 0. The summed E-state index contributed by atoms with van der Waals surface area (Å²) in [5.74, 6) is 3.33. The van der Waals surface area contributed by atoms with Gasteiger partial charge in [0.2, 0.25) is 17.5 Å². The Kier molecular flexibility index (Phi) is 6.36. The van der Waals surface area contributed by atoms with E-state index in [9.17, 15) is 0 Å². The Morgan fingerprint density at radius 1 is 0.806 bits per heavy atom. The maximum atomic E-state index is 5.93. The monoisotopic (exact) mass is 483 g/mol. The van der Waals surface area contributed by atoms with Gasteiger partial charge >= 0.3 is 0 Å². The highest BCUT2D eigenvalue weighted by Crippen LogP contribution is 2.38. The first-order valence-corrected chi connectivity index (χ1v) is 11.3. The van der Waals surface area contributed by atoms with Crippen molar-refractivity contribution in [3.05, 3.63) is 71.8 Å². The van der Waals surface area contributed by atoms with E-state index in [0.29, 0.717) is 41.3 Å². The Hall–Kier alpha value is -4.66. The quantitative estimate of drug-likeness (QED) is 0.315. The number of aryl methyl sites for hydroxylation is 1. The van der Waals surface area contributed by atoms with Crippen LogP contribution >= 0.6 is 0 Å². The third kappa shape index (κ3) is 4.50. The van der Waals surface area contributed by atoms with Crippen molar-refractivity contribution in [2.45, 2.75) is 13.5 Å². The van der Waals surface area contributed by atoms with Crippen molar-refractivity contribution in [1.29, 1.82) is 0 Å². The molecular formula is C27H25N5O4. The molecule has 0 unspecified atom stereocenters. The lowest BCUT2D eigenvalue weighted by atomic mass is 10.1. The summed E-state index contributed by atoms with van der Waals surface area (Å²) in [7, 11) is 4.76. The fourth-order valence-corrected chi connectivity index (χ4v) is 3.86. The standard InChI is InChI=1S/C27H25N5O4/c1-16-9-11-18(12-10-16)26-31-32-27(36-26)25-29-20-8-6-5-7-19(20)24(30-25)28-15-17-13-21(33-2)23(35-4)22(14-17)34-3/h5-14H,15H2,1-4H3,(H,28,29,30). The molecule has 0 aliphatic rings. The molecule has 36 heavy (non-hydrogen) atoms. The summed E-state index contributed by atoms with van der Waals surface area (Å²) in [6, 6.07) is 19.4. The van der Waals surface area contributed by atoms with Crippen molar-refractivity contribution in [3.8, 4) is 40.4 Å². The number of nitrogens with zero attached hydrogens (tertiary/aromatic N) is 4. The normalized spacial score (nSPS) is 10.9. The molecule has 0 aliphatic heterocycles. The molecule has 3 aromatic carbocycles. The van der Waals surface area contributed by atoms with Gasteiger partial charge in [-0.2, -0.15) is 0 Å². The molecule has 1 N–H and O–H groups in total. The summed E-state index contributed by atoms with van der Waals surface area (Å²) >= 11 is 0. The van der Waals surface area contributed by atoms with Gasteiger partial charge in [0.05, 0.1) is 26.8 Å². The van der Waals surface area contributed by atoms with Gasteiger partial charge in [-0.3, -0.25) is 0 Å². The van der Waals surface area contributed by atoms with Gasteiger partial charge in [0.1, 0.15) is 5.82 Å². The van der Waals surface area contributed by atoms with E-state index in [1.54, 1.807) is 21.3 Å². The molecule has 2 heterocycles. The van der Waals surface area contributed by atoms with Gasteiger partial charge in [0.25, 0.3) is 5.89 Å².